The molecule has 1 aromatic heterocycles. The van der Waals surface area contributed by atoms with Crippen LogP contribution in [-0.2, 0) is 0 Å². The molecule has 0 spiro atoms. The summed E-state index contributed by atoms with van der Waals surface area (Å²) >= 11 is 1.95. The number of aromatic nitrogens is 1. The van der Waals surface area contributed by atoms with Crippen molar-refractivity contribution in [1.29, 1.82) is 0 Å². The Hall–Kier alpha value is -0.410. The van der Waals surface area contributed by atoms with Gasteiger partial charge in [-0.05, 0) is 52.0 Å². The predicted molar refractivity (Wildman–Crippen MR) is 83.9 cm³/mol. The van der Waals surface area contributed by atoms with E-state index in [1.165, 1.54) is 47.7 Å². The molecule has 2 nitrogen and oxygen atoms in total. The average Bonchev–Trinajstić information content (AvgIpc) is 2.81. The average molecular weight is 280 g/mol. The molecule has 1 fully saturated rings. The van der Waals surface area contributed by atoms with Crippen molar-refractivity contribution in [3.63, 3.8) is 0 Å². The third kappa shape index (κ3) is 3.57. The van der Waals surface area contributed by atoms with Gasteiger partial charge in [-0.1, -0.05) is 20.3 Å². The Balaban J connectivity index is 2.04. The van der Waals surface area contributed by atoms with Crippen molar-refractivity contribution in [2.45, 2.75) is 71.8 Å². The number of aryl methyl sites for hydroxylation is 1. The van der Waals surface area contributed by atoms with E-state index in [9.17, 15) is 0 Å². The molecule has 1 atom stereocenters. The first kappa shape index (κ1) is 15.0. The molecule has 0 bridgehead atoms. The largest absolute Gasteiger partial charge is 0.310 e. The van der Waals surface area contributed by atoms with Gasteiger partial charge in [0.1, 0.15) is 0 Å². The molecule has 19 heavy (non-hydrogen) atoms. The van der Waals surface area contributed by atoms with E-state index in [-0.39, 0.29) is 0 Å². The monoisotopic (exact) mass is 280 g/mol. The number of hydrogen-bond acceptors (Lipinski definition) is 3. The van der Waals surface area contributed by atoms with Gasteiger partial charge in [0.05, 0.1) is 10.7 Å². The van der Waals surface area contributed by atoms with Gasteiger partial charge in [-0.3, -0.25) is 0 Å². The van der Waals surface area contributed by atoms with Crippen molar-refractivity contribution < 1.29 is 0 Å². The van der Waals surface area contributed by atoms with Crippen molar-refractivity contribution in [3.05, 3.63) is 15.6 Å². The van der Waals surface area contributed by atoms with Gasteiger partial charge in [0.25, 0.3) is 0 Å². The van der Waals surface area contributed by atoms with Gasteiger partial charge in [-0.15, -0.1) is 11.3 Å². The summed E-state index contributed by atoms with van der Waals surface area (Å²) in [6.07, 6.45) is 6.85. The maximum Gasteiger partial charge on any atom is 0.0962 e. The third-order valence-corrected chi connectivity index (χ3v) is 6.03. The summed E-state index contributed by atoms with van der Waals surface area (Å²) < 4.78 is 0. The standard InChI is InChI=1S/C16H28N2S/c1-5-13-7-9-14(10-8-13)16-18-12(4)15(19-16)11(3)17-6-2/h11,13-14,17H,5-10H2,1-4H3. The van der Waals surface area contributed by atoms with Gasteiger partial charge in [0.15, 0.2) is 0 Å². The van der Waals surface area contributed by atoms with Gasteiger partial charge in [-0.25, -0.2) is 4.98 Å². The summed E-state index contributed by atoms with van der Waals surface area (Å²) in [5.41, 5.74) is 1.24. The Labute approximate surface area is 122 Å². The Morgan fingerprint density at radius 2 is 1.95 bits per heavy atom. The second-order valence-corrected chi connectivity index (χ2v) is 6.97. The minimum Gasteiger partial charge on any atom is -0.310 e. The molecule has 2 rings (SSSR count). The van der Waals surface area contributed by atoms with Crippen molar-refractivity contribution in [3.8, 4) is 0 Å². The van der Waals surface area contributed by atoms with Crippen LogP contribution in [0.5, 0.6) is 0 Å². The lowest BCUT2D eigenvalue weighted by Gasteiger charge is -2.26. The normalized spacial score (nSPS) is 25.5. The zero-order valence-corrected chi connectivity index (χ0v) is 13.6. The molecule has 0 amide bonds. The van der Waals surface area contributed by atoms with Crippen LogP contribution < -0.4 is 5.32 Å². The number of rotatable bonds is 5. The number of thiazole rings is 1. The van der Waals surface area contributed by atoms with Gasteiger partial charge in [0, 0.05) is 16.8 Å². The quantitative estimate of drug-likeness (QED) is 0.837. The van der Waals surface area contributed by atoms with Crippen LogP contribution in [-0.4, -0.2) is 11.5 Å². The van der Waals surface area contributed by atoms with E-state index in [0.29, 0.717) is 6.04 Å². The summed E-state index contributed by atoms with van der Waals surface area (Å²) in [5.74, 6) is 1.70. The topological polar surface area (TPSA) is 24.9 Å². The van der Waals surface area contributed by atoms with Crippen LogP contribution in [0.2, 0.25) is 0 Å². The van der Waals surface area contributed by atoms with Crippen LogP contribution in [0.1, 0.15) is 80.4 Å². The first-order chi connectivity index (χ1) is 9.15. The fourth-order valence-electron chi connectivity index (χ4n) is 3.22. The molecule has 1 N–H and O–H groups in total. The van der Waals surface area contributed by atoms with E-state index in [1.54, 1.807) is 0 Å². The molecule has 0 saturated heterocycles. The van der Waals surface area contributed by atoms with Gasteiger partial charge in [0.2, 0.25) is 0 Å². The highest BCUT2D eigenvalue weighted by molar-refractivity contribution is 7.11. The Morgan fingerprint density at radius 3 is 2.53 bits per heavy atom. The SMILES string of the molecule is CCNC(C)c1sc(C2CCC(CC)CC2)nc1C. The van der Waals surface area contributed by atoms with Crippen LogP contribution in [0.25, 0.3) is 0 Å². The lowest BCUT2D eigenvalue weighted by molar-refractivity contribution is 0.318. The second-order valence-electron chi connectivity index (χ2n) is 5.91. The fraction of sp³-hybridized carbons (Fsp3) is 0.812. The highest BCUT2D eigenvalue weighted by atomic mass is 32.1. The zero-order chi connectivity index (χ0) is 13.8. The molecule has 0 aromatic carbocycles. The van der Waals surface area contributed by atoms with E-state index in [2.05, 4.69) is 33.0 Å². The van der Waals surface area contributed by atoms with Crippen molar-refractivity contribution in [2.24, 2.45) is 5.92 Å². The molecule has 1 saturated carbocycles. The van der Waals surface area contributed by atoms with E-state index in [1.807, 2.05) is 11.3 Å². The molecular formula is C16H28N2S. The molecule has 0 radical (unpaired) electrons. The Morgan fingerprint density at radius 1 is 1.26 bits per heavy atom. The maximum atomic E-state index is 4.87. The van der Waals surface area contributed by atoms with E-state index < -0.39 is 0 Å². The minimum absolute atomic E-state index is 0.447. The molecule has 1 aliphatic rings. The van der Waals surface area contributed by atoms with Crippen molar-refractivity contribution in [2.75, 3.05) is 6.54 Å². The lowest BCUT2D eigenvalue weighted by Crippen LogP contribution is -2.17. The highest BCUT2D eigenvalue weighted by Gasteiger charge is 2.25. The highest BCUT2D eigenvalue weighted by Crippen LogP contribution is 2.40. The van der Waals surface area contributed by atoms with Gasteiger partial charge in [-0.2, -0.15) is 0 Å². The minimum atomic E-state index is 0.447. The van der Waals surface area contributed by atoms with E-state index >= 15 is 0 Å². The van der Waals surface area contributed by atoms with E-state index in [4.69, 9.17) is 4.98 Å². The van der Waals surface area contributed by atoms with Crippen molar-refractivity contribution in [1.82, 2.24) is 10.3 Å². The molecule has 1 aliphatic carbocycles. The van der Waals surface area contributed by atoms with Crippen LogP contribution in [0.15, 0.2) is 0 Å². The van der Waals surface area contributed by atoms with Crippen LogP contribution in [0.3, 0.4) is 0 Å². The predicted octanol–water partition coefficient (Wildman–Crippen LogP) is 4.81. The summed E-state index contributed by atoms with van der Waals surface area (Å²) in [7, 11) is 0. The first-order valence-electron chi connectivity index (χ1n) is 7.86. The van der Waals surface area contributed by atoms with Crippen LogP contribution in [0, 0.1) is 12.8 Å². The zero-order valence-electron chi connectivity index (χ0n) is 12.8. The molecule has 0 aliphatic heterocycles. The van der Waals surface area contributed by atoms with Gasteiger partial charge >= 0.3 is 0 Å². The molecule has 1 unspecified atom stereocenters. The number of nitrogens with one attached hydrogen (secondary N) is 1. The van der Waals surface area contributed by atoms with Gasteiger partial charge < -0.3 is 5.32 Å². The van der Waals surface area contributed by atoms with E-state index in [0.717, 1.165) is 18.4 Å². The summed E-state index contributed by atoms with van der Waals surface area (Å²) in [6.45, 7) is 9.94. The fourth-order valence-corrected chi connectivity index (χ4v) is 4.49. The molecule has 1 aromatic rings. The summed E-state index contributed by atoms with van der Waals surface area (Å²) in [5, 5.41) is 4.90. The first-order valence-corrected chi connectivity index (χ1v) is 8.67. The molecule has 3 heteroatoms. The Bertz CT molecular complexity index is 391. The third-order valence-electron chi connectivity index (χ3n) is 4.53. The number of nitrogens with zero attached hydrogens (tertiary/aromatic N) is 1. The van der Waals surface area contributed by atoms with Crippen LogP contribution >= 0.6 is 11.3 Å². The second kappa shape index (κ2) is 6.85. The summed E-state index contributed by atoms with van der Waals surface area (Å²) in [4.78, 5) is 6.31. The number of hydrogen-bond donors (Lipinski definition) is 1. The summed E-state index contributed by atoms with van der Waals surface area (Å²) in [6, 6.07) is 0.447. The lowest BCUT2D eigenvalue weighted by atomic mass is 9.81. The molecular weight excluding hydrogens is 252 g/mol. The van der Waals surface area contributed by atoms with Crippen molar-refractivity contribution >= 4 is 11.3 Å². The maximum absolute atomic E-state index is 4.87. The Kier molecular flexibility index (Phi) is 5.40. The molecule has 1 heterocycles. The molecule has 108 valence electrons. The smallest absolute Gasteiger partial charge is 0.0962 e. The van der Waals surface area contributed by atoms with Crippen LogP contribution in [0.4, 0.5) is 0 Å².